The molecule has 9 heteroatoms. The number of hydrogen-bond donors (Lipinski definition) is 3. The molecule has 0 fully saturated rings. The smallest absolute Gasteiger partial charge is 0.286 e. The number of aromatic nitrogens is 1. The zero-order chi connectivity index (χ0) is 19.3. The van der Waals surface area contributed by atoms with Crippen molar-refractivity contribution in [3.05, 3.63) is 53.9 Å². The summed E-state index contributed by atoms with van der Waals surface area (Å²) in [6.45, 7) is 3.65. The van der Waals surface area contributed by atoms with Gasteiger partial charge in [-0.2, -0.15) is 0 Å². The summed E-state index contributed by atoms with van der Waals surface area (Å²) >= 11 is 0. The van der Waals surface area contributed by atoms with Crippen LogP contribution in [-0.4, -0.2) is 30.8 Å². The topological polar surface area (TPSA) is 109 Å². The van der Waals surface area contributed by atoms with Gasteiger partial charge in [-0.3, -0.25) is 20.4 Å². The van der Waals surface area contributed by atoms with E-state index in [-0.39, 0.29) is 16.5 Å². The number of aryl methyl sites for hydroxylation is 1. The molecule has 0 saturated carbocycles. The van der Waals surface area contributed by atoms with Gasteiger partial charge in [0, 0.05) is 24.8 Å². The van der Waals surface area contributed by atoms with Gasteiger partial charge in [0.25, 0.3) is 11.8 Å². The standard InChI is InChI=1S/C17H22N4O4S/c1-4-12(2)20-26(24,25)14-9-7-13(8-10-14)16(22)18-19-17(23)15-6-5-11-21(15)3/h5-12,20H,4H2,1-3H3,(H,18,22)(H,19,23). The third kappa shape index (κ3) is 4.70. The monoisotopic (exact) mass is 378 g/mol. The lowest BCUT2D eigenvalue weighted by Crippen LogP contribution is -2.42. The highest BCUT2D eigenvalue weighted by atomic mass is 32.2. The molecule has 0 bridgehead atoms. The number of nitrogens with zero attached hydrogens (tertiary/aromatic N) is 1. The Hall–Kier alpha value is -2.65. The fourth-order valence-electron chi connectivity index (χ4n) is 2.15. The van der Waals surface area contributed by atoms with Crippen molar-refractivity contribution in [2.75, 3.05) is 0 Å². The number of benzene rings is 1. The summed E-state index contributed by atoms with van der Waals surface area (Å²) in [6.07, 6.45) is 2.38. The van der Waals surface area contributed by atoms with Crippen molar-refractivity contribution in [3.8, 4) is 0 Å². The molecule has 1 aromatic heterocycles. The van der Waals surface area contributed by atoms with E-state index in [0.29, 0.717) is 12.1 Å². The lowest BCUT2D eigenvalue weighted by molar-refractivity contribution is 0.0842. The van der Waals surface area contributed by atoms with Crippen molar-refractivity contribution in [3.63, 3.8) is 0 Å². The van der Waals surface area contributed by atoms with Crippen LogP contribution in [0.25, 0.3) is 0 Å². The normalized spacial score (nSPS) is 12.4. The number of hydrazine groups is 1. The average Bonchev–Trinajstić information content (AvgIpc) is 3.05. The van der Waals surface area contributed by atoms with Gasteiger partial charge in [0.2, 0.25) is 10.0 Å². The Labute approximate surface area is 152 Å². The number of carbonyl (C=O) groups is 2. The molecule has 0 saturated heterocycles. The lowest BCUT2D eigenvalue weighted by atomic mass is 10.2. The zero-order valence-electron chi connectivity index (χ0n) is 14.8. The first-order chi connectivity index (χ1) is 12.2. The van der Waals surface area contributed by atoms with E-state index in [2.05, 4.69) is 15.6 Å². The minimum absolute atomic E-state index is 0.0715. The second-order valence-electron chi connectivity index (χ2n) is 5.87. The largest absolute Gasteiger partial charge is 0.347 e. The van der Waals surface area contributed by atoms with Gasteiger partial charge in [-0.25, -0.2) is 13.1 Å². The van der Waals surface area contributed by atoms with Crippen LogP contribution in [0.2, 0.25) is 0 Å². The number of carbonyl (C=O) groups excluding carboxylic acids is 2. The molecule has 0 aliphatic rings. The predicted octanol–water partition coefficient (Wildman–Crippen LogP) is 1.18. The summed E-state index contributed by atoms with van der Waals surface area (Å²) in [5, 5.41) is 0. The van der Waals surface area contributed by atoms with Crippen LogP contribution in [0.4, 0.5) is 0 Å². The van der Waals surface area contributed by atoms with Gasteiger partial charge in [-0.1, -0.05) is 6.92 Å². The number of rotatable bonds is 6. The molecule has 140 valence electrons. The first kappa shape index (κ1) is 19.7. The molecule has 1 heterocycles. The van der Waals surface area contributed by atoms with Gasteiger partial charge in [0.15, 0.2) is 0 Å². The van der Waals surface area contributed by atoms with Crippen LogP contribution in [0.1, 0.15) is 41.1 Å². The van der Waals surface area contributed by atoms with E-state index in [9.17, 15) is 18.0 Å². The maximum Gasteiger partial charge on any atom is 0.286 e. The fraction of sp³-hybridized carbons (Fsp3) is 0.294. The van der Waals surface area contributed by atoms with Gasteiger partial charge >= 0.3 is 0 Å². The van der Waals surface area contributed by atoms with Crippen LogP contribution in [0.3, 0.4) is 0 Å². The maximum atomic E-state index is 12.2. The third-order valence-corrected chi connectivity index (χ3v) is 5.47. The lowest BCUT2D eigenvalue weighted by Gasteiger charge is -2.12. The second-order valence-corrected chi connectivity index (χ2v) is 7.58. The molecule has 0 aliphatic carbocycles. The Balaban J connectivity index is 2.00. The molecular formula is C17H22N4O4S. The molecule has 8 nitrogen and oxygen atoms in total. The summed E-state index contributed by atoms with van der Waals surface area (Å²) < 4.78 is 28.5. The van der Waals surface area contributed by atoms with E-state index in [1.807, 2.05) is 6.92 Å². The number of sulfonamides is 1. The minimum atomic E-state index is -3.63. The van der Waals surface area contributed by atoms with E-state index >= 15 is 0 Å². The third-order valence-electron chi connectivity index (χ3n) is 3.86. The summed E-state index contributed by atoms with van der Waals surface area (Å²) in [6, 6.07) is 8.60. The maximum absolute atomic E-state index is 12.2. The van der Waals surface area contributed by atoms with Crippen LogP contribution in [0.15, 0.2) is 47.5 Å². The van der Waals surface area contributed by atoms with Crippen LogP contribution in [0.5, 0.6) is 0 Å². The number of nitrogens with one attached hydrogen (secondary N) is 3. The van der Waals surface area contributed by atoms with E-state index < -0.39 is 21.8 Å². The van der Waals surface area contributed by atoms with E-state index in [1.54, 1.807) is 36.9 Å². The van der Waals surface area contributed by atoms with Crippen LogP contribution in [-0.2, 0) is 17.1 Å². The Morgan fingerprint density at radius 1 is 1.08 bits per heavy atom. The predicted molar refractivity (Wildman–Crippen MR) is 96.9 cm³/mol. The Morgan fingerprint density at radius 3 is 2.23 bits per heavy atom. The first-order valence-corrected chi connectivity index (χ1v) is 9.57. The average molecular weight is 378 g/mol. The van der Waals surface area contributed by atoms with E-state index in [4.69, 9.17) is 0 Å². The molecule has 2 aromatic rings. The molecular weight excluding hydrogens is 356 g/mol. The number of hydrogen-bond acceptors (Lipinski definition) is 4. The second kappa shape index (κ2) is 8.15. The zero-order valence-corrected chi connectivity index (χ0v) is 15.6. The summed E-state index contributed by atoms with van der Waals surface area (Å²) in [5.74, 6) is -1.01. The van der Waals surface area contributed by atoms with E-state index in [1.165, 1.54) is 24.3 Å². The first-order valence-electron chi connectivity index (χ1n) is 8.09. The summed E-state index contributed by atoms with van der Waals surface area (Å²) in [4.78, 5) is 24.1. The van der Waals surface area contributed by atoms with Gasteiger partial charge < -0.3 is 4.57 Å². The summed E-state index contributed by atoms with van der Waals surface area (Å²) in [5.41, 5.74) is 5.22. The molecule has 0 radical (unpaired) electrons. The van der Waals surface area contributed by atoms with Crippen molar-refractivity contribution in [1.29, 1.82) is 0 Å². The van der Waals surface area contributed by atoms with Crippen molar-refractivity contribution < 1.29 is 18.0 Å². The van der Waals surface area contributed by atoms with Crippen LogP contribution in [0, 0.1) is 0 Å². The van der Waals surface area contributed by atoms with E-state index in [0.717, 1.165) is 0 Å². The van der Waals surface area contributed by atoms with Crippen molar-refractivity contribution in [2.45, 2.75) is 31.2 Å². The quantitative estimate of drug-likeness (QED) is 0.656. The highest BCUT2D eigenvalue weighted by Gasteiger charge is 2.17. The molecule has 2 amide bonds. The molecule has 0 aliphatic heterocycles. The van der Waals surface area contributed by atoms with Gasteiger partial charge in [0.1, 0.15) is 5.69 Å². The molecule has 2 rings (SSSR count). The molecule has 26 heavy (non-hydrogen) atoms. The van der Waals surface area contributed by atoms with Gasteiger partial charge in [-0.15, -0.1) is 0 Å². The SMILES string of the molecule is CCC(C)NS(=O)(=O)c1ccc(C(=O)NNC(=O)c2cccn2C)cc1. The van der Waals surface area contributed by atoms with Gasteiger partial charge in [-0.05, 0) is 49.7 Å². The number of amides is 2. The van der Waals surface area contributed by atoms with Crippen molar-refractivity contribution in [1.82, 2.24) is 20.1 Å². The van der Waals surface area contributed by atoms with Crippen molar-refractivity contribution >= 4 is 21.8 Å². The summed E-state index contributed by atoms with van der Waals surface area (Å²) in [7, 11) is -1.92. The molecule has 0 spiro atoms. The van der Waals surface area contributed by atoms with Crippen LogP contribution < -0.4 is 15.6 Å². The molecule has 1 atom stereocenters. The van der Waals surface area contributed by atoms with Crippen molar-refractivity contribution in [2.24, 2.45) is 7.05 Å². The van der Waals surface area contributed by atoms with Crippen LogP contribution >= 0.6 is 0 Å². The Kier molecular flexibility index (Phi) is 6.17. The molecule has 1 aromatic carbocycles. The highest BCUT2D eigenvalue weighted by Crippen LogP contribution is 2.11. The minimum Gasteiger partial charge on any atom is -0.347 e. The fourth-order valence-corrected chi connectivity index (χ4v) is 3.48. The molecule has 3 N–H and O–H groups in total. The van der Waals surface area contributed by atoms with Gasteiger partial charge in [0.05, 0.1) is 4.90 Å². The Bertz CT molecular complexity index is 888. The molecule has 1 unspecified atom stereocenters. The Morgan fingerprint density at radius 2 is 1.69 bits per heavy atom. The highest BCUT2D eigenvalue weighted by molar-refractivity contribution is 7.89.